The molecule has 0 spiro atoms. The summed E-state index contributed by atoms with van der Waals surface area (Å²) in [7, 11) is 3.14. The Labute approximate surface area is 146 Å². The second-order valence-electron chi connectivity index (χ2n) is 5.86. The second kappa shape index (κ2) is 6.81. The van der Waals surface area contributed by atoms with Crippen LogP contribution in [0, 0.1) is 13.8 Å². The number of hydrogen-bond acceptors (Lipinski definition) is 4. The van der Waals surface area contributed by atoms with Gasteiger partial charge < -0.3 is 14.8 Å². The molecule has 5 nitrogen and oxygen atoms in total. The first-order chi connectivity index (χ1) is 12.0. The van der Waals surface area contributed by atoms with Gasteiger partial charge in [0.05, 0.1) is 25.3 Å². The van der Waals surface area contributed by atoms with Crippen LogP contribution in [0.3, 0.4) is 0 Å². The molecule has 5 heteroatoms. The summed E-state index contributed by atoms with van der Waals surface area (Å²) in [5.74, 6) is 0.988. The van der Waals surface area contributed by atoms with Crippen molar-refractivity contribution in [2.75, 3.05) is 19.5 Å². The van der Waals surface area contributed by atoms with Crippen LogP contribution in [-0.4, -0.2) is 25.1 Å². The molecule has 2 aromatic carbocycles. The van der Waals surface area contributed by atoms with E-state index >= 15 is 0 Å². The van der Waals surface area contributed by atoms with Gasteiger partial charge in [-0.05, 0) is 44.2 Å². The number of hydrogen-bond donors (Lipinski definition) is 1. The Morgan fingerprint density at radius 3 is 2.44 bits per heavy atom. The number of nitrogens with one attached hydrogen (secondary N) is 1. The predicted molar refractivity (Wildman–Crippen MR) is 98.7 cm³/mol. The van der Waals surface area contributed by atoms with E-state index < -0.39 is 0 Å². The first kappa shape index (κ1) is 16.8. The van der Waals surface area contributed by atoms with Crippen LogP contribution in [-0.2, 0) is 0 Å². The number of pyridine rings is 1. The Balaban J connectivity index is 1.99. The molecule has 25 heavy (non-hydrogen) atoms. The summed E-state index contributed by atoms with van der Waals surface area (Å²) in [6.45, 7) is 3.88. The molecule has 0 aliphatic heterocycles. The highest BCUT2D eigenvalue weighted by atomic mass is 16.5. The average Bonchev–Trinajstić information content (AvgIpc) is 2.61. The molecule has 0 bridgehead atoms. The van der Waals surface area contributed by atoms with Crippen molar-refractivity contribution in [1.29, 1.82) is 0 Å². The molecule has 128 valence electrons. The molecule has 0 aliphatic carbocycles. The molecular formula is C20H20N2O3. The zero-order valence-electron chi connectivity index (χ0n) is 14.7. The summed E-state index contributed by atoms with van der Waals surface area (Å²) in [5.41, 5.74) is 3.93. The van der Waals surface area contributed by atoms with E-state index in [0.29, 0.717) is 22.7 Å². The zero-order chi connectivity index (χ0) is 18.0. The van der Waals surface area contributed by atoms with Gasteiger partial charge in [-0.25, -0.2) is 0 Å². The number of nitrogens with zero attached hydrogens (tertiary/aromatic N) is 1. The number of aromatic nitrogens is 1. The fraction of sp³-hybridized carbons (Fsp3) is 0.200. The normalized spacial score (nSPS) is 10.6. The molecule has 0 unspecified atom stereocenters. The van der Waals surface area contributed by atoms with Gasteiger partial charge in [-0.15, -0.1) is 0 Å². The van der Waals surface area contributed by atoms with Crippen LogP contribution in [0.4, 0.5) is 5.69 Å². The monoisotopic (exact) mass is 336 g/mol. The summed E-state index contributed by atoms with van der Waals surface area (Å²) in [5, 5.41) is 3.76. The SMILES string of the molecule is COc1ccc(NC(=O)c2cc(C)nc3ccc(C)cc23)cc1OC. The molecule has 1 N–H and O–H groups in total. The number of benzene rings is 2. The number of anilines is 1. The third-order valence-corrected chi connectivity index (χ3v) is 3.98. The number of fused-ring (bicyclic) bond motifs is 1. The number of methoxy groups -OCH3 is 2. The summed E-state index contributed by atoms with van der Waals surface area (Å²) in [6.07, 6.45) is 0. The Morgan fingerprint density at radius 1 is 0.960 bits per heavy atom. The minimum absolute atomic E-state index is 0.187. The van der Waals surface area contributed by atoms with Gasteiger partial charge in [-0.1, -0.05) is 11.6 Å². The number of carbonyl (C=O) groups is 1. The van der Waals surface area contributed by atoms with Crippen LogP contribution in [0.25, 0.3) is 10.9 Å². The number of carbonyl (C=O) groups excluding carboxylic acids is 1. The summed E-state index contributed by atoms with van der Waals surface area (Å²) in [4.78, 5) is 17.3. The van der Waals surface area contributed by atoms with E-state index in [1.165, 1.54) is 0 Å². The van der Waals surface area contributed by atoms with Crippen molar-refractivity contribution in [2.45, 2.75) is 13.8 Å². The Bertz CT molecular complexity index is 951. The lowest BCUT2D eigenvalue weighted by Gasteiger charge is -2.12. The summed E-state index contributed by atoms with van der Waals surface area (Å²) < 4.78 is 10.5. The van der Waals surface area contributed by atoms with Crippen molar-refractivity contribution >= 4 is 22.5 Å². The molecule has 3 aromatic rings. The van der Waals surface area contributed by atoms with Gasteiger partial charge in [0.1, 0.15) is 0 Å². The molecule has 0 fully saturated rings. The molecule has 1 aromatic heterocycles. The fourth-order valence-corrected chi connectivity index (χ4v) is 2.77. The first-order valence-corrected chi connectivity index (χ1v) is 7.93. The van der Waals surface area contributed by atoms with Crippen molar-refractivity contribution in [3.05, 3.63) is 59.3 Å². The van der Waals surface area contributed by atoms with Crippen LogP contribution in [0.2, 0.25) is 0 Å². The van der Waals surface area contributed by atoms with E-state index in [0.717, 1.165) is 22.2 Å². The third-order valence-electron chi connectivity index (χ3n) is 3.98. The maximum atomic E-state index is 12.8. The van der Waals surface area contributed by atoms with Crippen LogP contribution in [0.1, 0.15) is 21.6 Å². The number of ether oxygens (including phenoxy) is 2. The van der Waals surface area contributed by atoms with Gasteiger partial charge in [-0.2, -0.15) is 0 Å². The largest absolute Gasteiger partial charge is 0.493 e. The fourth-order valence-electron chi connectivity index (χ4n) is 2.77. The highest BCUT2D eigenvalue weighted by molar-refractivity contribution is 6.12. The lowest BCUT2D eigenvalue weighted by Crippen LogP contribution is -2.13. The van der Waals surface area contributed by atoms with E-state index in [4.69, 9.17) is 9.47 Å². The molecule has 0 aliphatic rings. The molecule has 0 atom stereocenters. The molecule has 1 amide bonds. The van der Waals surface area contributed by atoms with Gasteiger partial charge in [0, 0.05) is 22.8 Å². The molecule has 0 saturated heterocycles. The van der Waals surface area contributed by atoms with Crippen molar-refractivity contribution in [1.82, 2.24) is 4.98 Å². The predicted octanol–water partition coefficient (Wildman–Crippen LogP) is 4.12. The van der Waals surface area contributed by atoms with Crippen LogP contribution >= 0.6 is 0 Å². The summed E-state index contributed by atoms with van der Waals surface area (Å²) >= 11 is 0. The highest BCUT2D eigenvalue weighted by Crippen LogP contribution is 2.30. The van der Waals surface area contributed by atoms with E-state index in [9.17, 15) is 4.79 Å². The lowest BCUT2D eigenvalue weighted by atomic mass is 10.0. The zero-order valence-corrected chi connectivity index (χ0v) is 14.7. The first-order valence-electron chi connectivity index (χ1n) is 7.93. The molecule has 3 rings (SSSR count). The number of amides is 1. The van der Waals surface area contributed by atoms with Crippen LogP contribution in [0.5, 0.6) is 11.5 Å². The Hall–Kier alpha value is -3.08. The molecule has 0 saturated carbocycles. The van der Waals surface area contributed by atoms with E-state index in [2.05, 4.69) is 10.3 Å². The Morgan fingerprint density at radius 2 is 1.72 bits per heavy atom. The quantitative estimate of drug-likeness (QED) is 0.778. The minimum Gasteiger partial charge on any atom is -0.493 e. The van der Waals surface area contributed by atoms with Crippen LogP contribution in [0.15, 0.2) is 42.5 Å². The van der Waals surface area contributed by atoms with E-state index in [-0.39, 0.29) is 5.91 Å². The van der Waals surface area contributed by atoms with Crippen LogP contribution < -0.4 is 14.8 Å². The third kappa shape index (κ3) is 3.40. The van der Waals surface area contributed by atoms with Crippen molar-refractivity contribution in [3.8, 4) is 11.5 Å². The number of rotatable bonds is 4. The second-order valence-corrected chi connectivity index (χ2v) is 5.86. The lowest BCUT2D eigenvalue weighted by molar-refractivity contribution is 0.102. The molecule has 1 heterocycles. The van der Waals surface area contributed by atoms with Gasteiger partial charge in [0.25, 0.3) is 5.91 Å². The smallest absolute Gasteiger partial charge is 0.256 e. The average molecular weight is 336 g/mol. The minimum atomic E-state index is -0.187. The van der Waals surface area contributed by atoms with E-state index in [1.807, 2.05) is 32.0 Å². The van der Waals surface area contributed by atoms with Crippen molar-refractivity contribution < 1.29 is 14.3 Å². The van der Waals surface area contributed by atoms with E-state index in [1.54, 1.807) is 38.5 Å². The number of aryl methyl sites for hydroxylation is 2. The van der Waals surface area contributed by atoms with Crippen molar-refractivity contribution in [3.63, 3.8) is 0 Å². The Kier molecular flexibility index (Phi) is 4.57. The highest BCUT2D eigenvalue weighted by Gasteiger charge is 2.14. The van der Waals surface area contributed by atoms with Crippen molar-refractivity contribution in [2.24, 2.45) is 0 Å². The van der Waals surface area contributed by atoms with Gasteiger partial charge >= 0.3 is 0 Å². The molecule has 0 radical (unpaired) electrons. The summed E-state index contributed by atoms with van der Waals surface area (Å²) in [6, 6.07) is 13.0. The van der Waals surface area contributed by atoms with Gasteiger partial charge in [0.2, 0.25) is 0 Å². The molecular weight excluding hydrogens is 316 g/mol. The maximum Gasteiger partial charge on any atom is 0.256 e. The standard InChI is InChI=1S/C20H20N2O3/c1-12-5-7-17-15(9-12)16(10-13(2)21-17)20(23)22-14-6-8-18(24-3)19(11-14)25-4/h5-11H,1-4H3,(H,22,23). The van der Waals surface area contributed by atoms with Gasteiger partial charge in [-0.3, -0.25) is 9.78 Å². The topological polar surface area (TPSA) is 60.5 Å². The van der Waals surface area contributed by atoms with Gasteiger partial charge in [0.15, 0.2) is 11.5 Å². The maximum absolute atomic E-state index is 12.8.